The van der Waals surface area contributed by atoms with Crippen LogP contribution in [0.3, 0.4) is 0 Å². The molecule has 0 atom stereocenters. The van der Waals surface area contributed by atoms with Gasteiger partial charge < -0.3 is 20.1 Å². The van der Waals surface area contributed by atoms with Crippen LogP contribution in [0.25, 0.3) is 0 Å². The van der Waals surface area contributed by atoms with E-state index in [1.807, 2.05) is 31.2 Å². The number of halogens is 1. The maximum atomic E-state index is 12.8. The average Bonchev–Trinajstić information content (AvgIpc) is 2.75. The van der Waals surface area contributed by atoms with Crippen molar-refractivity contribution in [2.45, 2.75) is 26.5 Å². The van der Waals surface area contributed by atoms with E-state index >= 15 is 0 Å². The largest absolute Gasteiger partial charge is 0.508 e. The zero-order chi connectivity index (χ0) is 21.3. The van der Waals surface area contributed by atoms with Gasteiger partial charge in [0.2, 0.25) is 0 Å². The van der Waals surface area contributed by atoms with Crippen molar-refractivity contribution >= 4 is 23.3 Å². The molecule has 0 spiro atoms. The normalized spacial score (nSPS) is 10.5. The van der Waals surface area contributed by atoms with E-state index in [0.717, 1.165) is 12.1 Å². The van der Waals surface area contributed by atoms with Crippen LogP contribution in [0.1, 0.15) is 24.6 Å². The number of ether oxygens (including phenoxy) is 1. The summed E-state index contributed by atoms with van der Waals surface area (Å²) >= 11 is 6.33. The molecule has 2 aromatic carbocycles. The summed E-state index contributed by atoms with van der Waals surface area (Å²) in [5.74, 6) is 0.684. The molecule has 0 radical (unpaired) electrons. The summed E-state index contributed by atoms with van der Waals surface area (Å²) in [6.07, 6.45) is 2.50. The van der Waals surface area contributed by atoms with Gasteiger partial charge in [0.05, 0.1) is 17.3 Å². The number of para-hydroxylation sites is 1. The second-order valence-corrected chi connectivity index (χ2v) is 7.14. The molecule has 2 amide bonds. The lowest BCUT2D eigenvalue weighted by Gasteiger charge is -2.23. The molecule has 30 heavy (non-hydrogen) atoms. The molecular weight excluding hydrogens is 402 g/mol. The van der Waals surface area contributed by atoms with Crippen molar-refractivity contribution < 1.29 is 14.6 Å². The van der Waals surface area contributed by atoms with Gasteiger partial charge in [-0.25, -0.2) is 4.79 Å². The Morgan fingerprint density at radius 1 is 1.17 bits per heavy atom. The number of pyridine rings is 1. The second kappa shape index (κ2) is 10.5. The van der Waals surface area contributed by atoms with Crippen LogP contribution in [-0.4, -0.2) is 27.6 Å². The minimum absolute atomic E-state index is 0.170. The van der Waals surface area contributed by atoms with Crippen molar-refractivity contribution in [2.75, 3.05) is 11.9 Å². The van der Waals surface area contributed by atoms with Crippen molar-refractivity contribution in [1.29, 1.82) is 0 Å². The Labute approximate surface area is 181 Å². The van der Waals surface area contributed by atoms with E-state index in [4.69, 9.17) is 16.3 Å². The van der Waals surface area contributed by atoms with Crippen LogP contribution in [0.5, 0.6) is 11.5 Å². The van der Waals surface area contributed by atoms with Crippen LogP contribution in [-0.2, 0) is 13.2 Å². The van der Waals surface area contributed by atoms with Crippen molar-refractivity contribution in [1.82, 2.24) is 9.88 Å². The summed E-state index contributed by atoms with van der Waals surface area (Å²) in [6, 6.07) is 17.4. The quantitative estimate of drug-likeness (QED) is 0.502. The molecule has 6 nitrogen and oxygen atoms in total. The molecule has 0 aliphatic carbocycles. The number of phenolic OH excluding ortho intramolecular Hbond substituents is 1. The summed E-state index contributed by atoms with van der Waals surface area (Å²) in [5, 5.41) is 13.3. The number of carbonyl (C=O) groups is 1. The highest BCUT2D eigenvalue weighted by molar-refractivity contribution is 6.32. The molecule has 3 aromatic rings. The van der Waals surface area contributed by atoms with Gasteiger partial charge >= 0.3 is 6.03 Å². The number of phenols is 1. The third-order valence-corrected chi connectivity index (χ3v) is 4.71. The number of carbonyl (C=O) groups excluding carboxylic acids is 1. The smallest absolute Gasteiger partial charge is 0.322 e. The monoisotopic (exact) mass is 425 g/mol. The molecule has 1 aromatic heterocycles. The lowest BCUT2D eigenvalue weighted by molar-refractivity contribution is 0.208. The number of hydrogen-bond donors (Lipinski definition) is 2. The highest BCUT2D eigenvalue weighted by Gasteiger charge is 2.16. The van der Waals surface area contributed by atoms with Gasteiger partial charge in [-0.1, -0.05) is 42.8 Å². The number of hydrogen-bond acceptors (Lipinski definition) is 4. The molecule has 2 N–H and O–H groups in total. The Bertz CT molecular complexity index is 982. The van der Waals surface area contributed by atoms with Gasteiger partial charge in [-0.3, -0.25) is 4.98 Å². The number of benzene rings is 2. The highest BCUT2D eigenvalue weighted by Crippen LogP contribution is 2.28. The van der Waals surface area contributed by atoms with Crippen molar-refractivity contribution in [3.8, 4) is 11.5 Å². The topological polar surface area (TPSA) is 74.7 Å². The minimum atomic E-state index is -0.265. The minimum Gasteiger partial charge on any atom is -0.508 e. The van der Waals surface area contributed by atoms with E-state index in [1.54, 1.807) is 47.5 Å². The zero-order valence-corrected chi connectivity index (χ0v) is 17.5. The van der Waals surface area contributed by atoms with Gasteiger partial charge in [-0.2, -0.15) is 0 Å². The molecule has 0 bridgehead atoms. The summed E-state index contributed by atoms with van der Waals surface area (Å²) in [5.41, 5.74) is 2.05. The maximum absolute atomic E-state index is 12.8. The first-order valence-corrected chi connectivity index (χ1v) is 10.1. The number of rotatable bonds is 8. The van der Waals surface area contributed by atoms with Gasteiger partial charge in [-0.05, 0) is 42.8 Å². The number of anilines is 1. The van der Waals surface area contributed by atoms with E-state index in [9.17, 15) is 9.90 Å². The third-order valence-electron chi connectivity index (χ3n) is 4.42. The molecule has 1 heterocycles. The molecule has 0 saturated heterocycles. The Morgan fingerprint density at radius 3 is 2.67 bits per heavy atom. The maximum Gasteiger partial charge on any atom is 0.322 e. The number of urea groups is 1. The Hall–Kier alpha value is -3.25. The van der Waals surface area contributed by atoms with Gasteiger partial charge in [-0.15, -0.1) is 0 Å². The Morgan fingerprint density at radius 2 is 1.97 bits per heavy atom. The molecule has 156 valence electrons. The lowest BCUT2D eigenvalue weighted by Crippen LogP contribution is -2.35. The first kappa shape index (κ1) is 21.5. The Kier molecular flexibility index (Phi) is 7.51. The Balaban J connectivity index is 1.64. The summed E-state index contributed by atoms with van der Waals surface area (Å²) in [7, 11) is 0. The van der Waals surface area contributed by atoms with Gasteiger partial charge in [0.1, 0.15) is 18.1 Å². The molecule has 0 fully saturated rings. The van der Waals surface area contributed by atoms with Gasteiger partial charge in [0, 0.05) is 24.0 Å². The standard InChI is InChI=1S/C23H24ClN3O3/c1-2-13-27(15-17-7-3-4-9-21(17)28)23(29)26-18-10-11-22(20(24)14-18)30-16-19-8-5-6-12-25-19/h3-12,14,28H,2,13,15-16H2,1H3,(H,26,29). The number of nitrogens with one attached hydrogen (secondary N) is 1. The predicted octanol–water partition coefficient (Wildman–Crippen LogP) is 5.46. The molecule has 0 aliphatic rings. The molecule has 0 unspecified atom stereocenters. The molecular formula is C23H24ClN3O3. The molecule has 3 rings (SSSR count). The SMILES string of the molecule is CCCN(Cc1ccccc1O)C(=O)Nc1ccc(OCc2ccccn2)c(Cl)c1. The van der Waals surface area contributed by atoms with E-state index in [1.165, 1.54) is 0 Å². The van der Waals surface area contributed by atoms with Crippen LogP contribution < -0.4 is 10.1 Å². The molecule has 7 heteroatoms. The van der Waals surface area contributed by atoms with Crippen molar-refractivity contribution in [3.63, 3.8) is 0 Å². The van der Waals surface area contributed by atoms with E-state index < -0.39 is 0 Å². The first-order chi connectivity index (χ1) is 14.6. The summed E-state index contributed by atoms with van der Waals surface area (Å²) < 4.78 is 5.72. The van der Waals surface area contributed by atoms with Crippen molar-refractivity contribution in [3.05, 3.63) is 83.1 Å². The van der Waals surface area contributed by atoms with E-state index in [0.29, 0.717) is 41.7 Å². The second-order valence-electron chi connectivity index (χ2n) is 6.74. The number of nitrogens with zero attached hydrogens (tertiary/aromatic N) is 2. The molecule has 0 saturated carbocycles. The summed E-state index contributed by atoms with van der Waals surface area (Å²) in [4.78, 5) is 18.6. The van der Waals surface area contributed by atoms with Crippen LogP contribution in [0.15, 0.2) is 66.9 Å². The first-order valence-electron chi connectivity index (χ1n) is 9.72. The fourth-order valence-corrected chi connectivity index (χ4v) is 3.14. The van der Waals surface area contributed by atoms with E-state index in [2.05, 4.69) is 10.3 Å². The van der Waals surface area contributed by atoms with Gasteiger partial charge in [0.25, 0.3) is 0 Å². The molecule has 0 aliphatic heterocycles. The fourth-order valence-electron chi connectivity index (χ4n) is 2.91. The zero-order valence-electron chi connectivity index (χ0n) is 16.7. The van der Waals surface area contributed by atoms with Gasteiger partial charge in [0.15, 0.2) is 0 Å². The lowest BCUT2D eigenvalue weighted by atomic mass is 10.2. The van der Waals surface area contributed by atoms with Crippen molar-refractivity contribution in [2.24, 2.45) is 0 Å². The highest BCUT2D eigenvalue weighted by atomic mass is 35.5. The van der Waals surface area contributed by atoms with Crippen LogP contribution in [0, 0.1) is 0 Å². The number of aromatic hydroxyl groups is 1. The van der Waals surface area contributed by atoms with Crippen LogP contribution >= 0.6 is 11.6 Å². The average molecular weight is 426 g/mol. The van der Waals surface area contributed by atoms with Crippen LogP contribution in [0.4, 0.5) is 10.5 Å². The summed E-state index contributed by atoms with van der Waals surface area (Å²) in [6.45, 7) is 3.16. The fraction of sp³-hybridized carbons (Fsp3) is 0.217. The number of aromatic nitrogens is 1. The van der Waals surface area contributed by atoms with E-state index in [-0.39, 0.29) is 11.8 Å². The number of amides is 2. The third kappa shape index (κ3) is 5.87. The van der Waals surface area contributed by atoms with Crippen LogP contribution in [0.2, 0.25) is 5.02 Å². The predicted molar refractivity (Wildman–Crippen MR) is 118 cm³/mol.